The second-order valence-corrected chi connectivity index (χ2v) is 6.46. The summed E-state index contributed by atoms with van der Waals surface area (Å²) in [6.45, 7) is 0.105. The number of nitro groups is 1. The maximum atomic E-state index is 10.8. The van der Waals surface area contributed by atoms with Gasteiger partial charge in [-0.05, 0) is 12.8 Å². The zero-order chi connectivity index (χ0) is 15.3. The number of hydrogen-bond acceptors (Lipinski definition) is 5. The second-order valence-electron chi connectivity index (χ2n) is 3.91. The Morgan fingerprint density at radius 3 is 2.40 bits per heavy atom. The molecule has 0 unspecified atom stereocenters. The summed E-state index contributed by atoms with van der Waals surface area (Å²) < 4.78 is 26.6. The summed E-state index contributed by atoms with van der Waals surface area (Å²) in [6.07, 6.45) is 0.682. The average Bonchev–Trinajstić information content (AvgIpc) is 2.31. The van der Waals surface area contributed by atoms with Gasteiger partial charge in [0.1, 0.15) is 0 Å². The highest BCUT2D eigenvalue weighted by atomic mass is 35.5. The minimum atomic E-state index is -3.51. The molecule has 1 aromatic rings. The van der Waals surface area contributed by atoms with E-state index in [-0.39, 0.29) is 33.8 Å². The fraction of sp³-hybridized carbons (Fsp3) is 0.400. The van der Waals surface area contributed by atoms with Gasteiger partial charge >= 0.3 is 5.69 Å². The Morgan fingerprint density at radius 2 is 1.85 bits per heavy atom. The predicted octanol–water partition coefficient (Wildman–Crippen LogP) is 2.35. The molecule has 1 aromatic carbocycles. The van der Waals surface area contributed by atoms with Crippen molar-refractivity contribution >= 4 is 38.9 Å². The molecule has 2 N–H and O–H groups in total. The molecular formula is C10H12Cl2N2O5S. The summed E-state index contributed by atoms with van der Waals surface area (Å²) in [5.74, 6) is -0.181. The van der Waals surface area contributed by atoms with Crippen molar-refractivity contribution in [2.45, 2.75) is 12.8 Å². The fourth-order valence-corrected chi connectivity index (χ4v) is 2.28. The summed E-state index contributed by atoms with van der Waals surface area (Å²) in [6, 6.07) is 2.35. The first kappa shape index (κ1) is 17.0. The Hall–Kier alpha value is -1.09. The van der Waals surface area contributed by atoms with Gasteiger partial charge in [0.15, 0.2) is 5.75 Å². The van der Waals surface area contributed by atoms with Crippen LogP contribution in [-0.4, -0.2) is 25.7 Å². The first-order valence-corrected chi connectivity index (χ1v) is 7.94. The Balaban J connectivity index is 2.64. The molecule has 1 rings (SSSR count). The van der Waals surface area contributed by atoms with Gasteiger partial charge in [0.05, 0.1) is 27.3 Å². The molecule has 0 saturated heterocycles. The van der Waals surface area contributed by atoms with Gasteiger partial charge in [-0.3, -0.25) is 10.1 Å². The molecule has 20 heavy (non-hydrogen) atoms. The average molecular weight is 343 g/mol. The van der Waals surface area contributed by atoms with Crippen molar-refractivity contribution in [1.82, 2.24) is 0 Å². The van der Waals surface area contributed by atoms with E-state index in [9.17, 15) is 18.5 Å². The van der Waals surface area contributed by atoms with E-state index in [2.05, 4.69) is 0 Å². The van der Waals surface area contributed by atoms with E-state index < -0.39 is 14.9 Å². The number of sulfonamides is 1. The smallest absolute Gasteiger partial charge is 0.312 e. The number of nitro benzene ring substituents is 1. The molecule has 0 aliphatic carbocycles. The SMILES string of the molecule is NS(=O)(=O)CCCCOc1cc(Cl)c(Cl)cc1[N+](=O)[O-]. The minimum Gasteiger partial charge on any atom is -0.487 e. The van der Waals surface area contributed by atoms with Crippen molar-refractivity contribution in [2.75, 3.05) is 12.4 Å². The van der Waals surface area contributed by atoms with Crippen molar-refractivity contribution in [3.63, 3.8) is 0 Å². The van der Waals surface area contributed by atoms with Crippen LogP contribution in [0.3, 0.4) is 0 Å². The molecule has 0 spiro atoms. The van der Waals surface area contributed by atoms with Gasteiger partial charge in [0.2, 0.25) is 10.0 Å². The van der Waals surface area contributed by atoms with Crippen LogP contribution >= 0.6 is 23.2 Å². The highest BCUT2D eigenvalue weighted by Crippen LogP contribution is 2.35. The molecule has 0 saturated carbocycles. The number of ether oxygens (including phenoxy) is 1. The molecule has 0 bridgehead atoms. The molecule has 0 amide bonds. The van der Waals surface area contributed by atoms with Crippen LogP contribution in [0.2, 0.25) is 10.0 Å². The van der Waals surface area contributed by atoms with E-state index in [0.717, 1.165) is 6.07 Å². The predicted molar refractivity (Wildman–Crippen MR) is 75.8 cm³/mol. The normalized spacial score (nSPS) is 11.3. The highest BCUT2D eigenvalue weighted by Gasteiger charge is 2.18. The molecule has 0 aliphatic rings. The number of primary sulfonamides is 1. The number of nitrogens with zero attached hydrogens (tertiary/aromatic N) is 1. The van der Waals surface area contributed by atoms with E-state index in [4.69, 9.17) is 33.1 Å². The zero-order valence-electron chi connectivity index (χ0n) is 10.2. The number of rotatable bonds is 7. The quantitative estimate of drug-likeness (QED) is 0.464. The van der Waals surface area contributed by atoms with Gasteiger partial charge in [-0.1, -0.05) is 23.2 Å². The van der Waals surface area contributed by atoms with Crippen LogP contribution in [-0.2, 0) is 10.0 Å². The van der Waals surface area contributed by atoms with Crippen LogP contribution in [0.5, 0.6) is 5.75 Å². The standard InChI is InChI=1S/C10H12Cl2N2O5S/c11-7-5-9(14(15)16)10(6-8(7)12)19-3-1-2-4-20(13,17)18/h5-6H,1-4H2,(H2,13,17,18). The number of halogens is 2. The zero-order valence-corrected chi connectivity index (χ0v) is 12.5. The van der Waals surface area contributed by atoms with Crippen molar-refractivity contribution in [3.8, 4) is 5.75 Å². The van der Waals surface area contributed by atoms with E-state index in [1.54, 1.807) is 0 Å². The lowest BCUT2D eigenvalue weighted by Crippen LogP contribution is -2.16. The monoisotopic (exact) mass is 342 g/mol. The lowest BCUT2D eigenvalue weighted by Gasteiger charge is -2.07. The largest absolute Gasteiger partial charge is 0.487 e. The lowest BCUT2D eigenvalue weighted by atomic mass is 10.3. The topological polar surface area (TPSA) is 113 Å². The van der Waals surface area contributed by atoms with Gasteiger partial charge in [-0.25, -0.2) is 13.6 Å². The Morgan fingerprint density at radius 1 is 1.25 bits per heavy atom. The van der Waals surface area contributed by atoms with E-state index in [0.29, 0.717) is 12.8 Å². The highest BCUT2D eigenvalue weighted by molar-refractivity contribution is 7.89. The Kier molecular flexibility index (Phi) is 6.00. The van der Waals surface area contributed by atoms with Crippen molar-refractivity contribution in [2.24, 2.45) is 5.14 Å². The third-order valence-corrected chi connectivity index (χ3v) is 3.86. The number of hydrogen-bond donors (Lipinski definition) is 1. The second kappa shape index (κ2) is 7.07. The fourth-order valence-electron chi connectivity index (χ4n) is 1.36. The van der Waals surface area contributed by atoms with Gasteiger partial charge in [-0.2, -0.15) is 0 Å². The third kappa shape index (κ3) is 5.49. The summed E-state index contributed by atoms with van der Waals surface area (Å²) in [5, 5.41) is 15.9. The molecule has 112 valence electrons. The van der Waals surface area contributed by atoms with Crippen LogP contribution < -0.4 is 9.88 Å². The summed E-state index contributed by atoms with van der Waals surface area (Å²) >= 11 is 11.5. The minimum absolute atomic E-state index is 0.0139. The third-order valence-electron chi connectivity index (χ3n) is 2.28. The Bertz CT molecular complexity index is 606. The maximum Gasteiger partial charge on any atom is 0.312 e. The Labute approximate surface area is 125 Å². The summed E-state index contributed by atoms with van der Waals surface area (Å²) in [7, 11) is -3.51. The molecule has 0 fully saturated rings. The van der Waals surface area contributed by atoms with Crippen LogP contribution in [0.25, 0.3) is 0 Å². The van der Waals surface area contributed by atoms with Crippen LogP contribution in [0.1, 0.15) is 12.8 Å². The van der Waals surface area contributed by atoms with Crippen LogP contribution in [0, 0.1) is 10.1 Å². The molecule has 0 aliphatic heterocycles. The van der Waals surface area contributed by atoms with E-state index in [1.165, 1.54) is 6.07 Å². The van der Waals surface area contributed by atoms with E-state index >= 15 is 0 Å². The summed E-state index contributed by atoms with van der Waals surface area (Å²) in [4.78, 5) is 10.2. The molecule has 0 atom stereocenters. The number of unbranched alkanes of at least 4 members (excludes halogenated alkanes) is 1. The molecule has 10 heteroatoms. The number of benzene rings is 1. The van der Waals surface area contributed by atoms with Gasteiger partial charge < -0.3 is 4.74 Å². The van der Waals surface area contributed by atoms with Gasteiger partial charge in [-0.15, -0.1) is 0 Å². The van der Waals surface area contributed by atoms with Crippen LogP contribution in [0.4, 0.5) is 5.69 Å². The maximum absolute atomic E-state index is 10.8. The number of nitrogens with two attached hydrogens (primary N) is 1. The molecule has 0 aromatic heterocycles. The van der Waals surface area contributed by atoms with E-state index in [1.807, 2.05) is 0 Å². The molecule has 0 radical (unpaired) electrons. The molecular weight excluding hydrogens is 331 g/mol. The van der Waals surface area contributed by atoms with Crippen molar-refractivity contribution in [3.05, 3.63) is 32.3 Å². The summed E-state index contributed by atoms with van der Waals surface area (Å²) in [5.41, 5.74) is -0.300. The van der Waals surface area contributed by atoms with Crippen molar-refractivity contribution < 1.29 is 18.1 Å². The van der Waals surface area contributed by atoms with Crippen molar-refractivity contribution in [1.29, 1.82) is 0 Å². The lowest BCUT2D eigenvalue weighted by molar-refractivity contribution is -0.385. The first-order valence-electron chi connectivity index (χ1n) is 5.47. The molecule has 7 nitrogen and oxygen atoms in total. The van der Waals surface area contributed by atoms with Gasteiger partial charge in [0.25, 0.3) is 0 Å². The first-order chi connectivity index (χ1) is 9.20. The van der Waals surface area contributed by atoms with Crippen LogP contribution in [0.15, 0.2) is 12.1 Å². The van der Waals surface area contributed by atoms with Gasteiger partial charge in [0, 0.05) is 12.1 Å². The molecule has 0 heterocycles.